The van der Waals surface area contributed by atoms with E-state index in [2.05, 4.69) is 5.32 Å². The Morgan fingerprint density at radius 1 is 1.04 bits per heavy atom. The highest BCUT2D eigenvalue weighted by molar-refractivity contribution is 5.87. The maximum absolute atomic E-state index is 12.6. The monoisotopic (exact) mass is 354 g/mol. The average molecular weight is 354 g/mol. The second-order valence-electron chi connectivity index (χ2n) is 6.10. The number of nitrogens with one attached hydrogen (secondary N) is 1. The Kier molecular flexibility index (Phi) is 7.21. The Labute approximate surface area is 155 Å². The zero-order valence-corrected chi connectivity index (χ0v) is 15.6. The smallest absolute Gasteiger partial charge is 0.242 e. The number of hydrogen-bond donors (Lipinski definition) is 1. The lowest BCUT2D eigenvalue weighted by molar-refractivity contribution is -0.140. The first kappa shape index (κ1) is 19.5. The topological polar surface area (TPSA) is 58.6 Å². The summed E-state index contributed by atoms with van der Waals surface area (Å²) in [7, 11) is 1.62. The second-order valence-corrected chi connectivity index (χ2v) is 6.10. The third-order valence-electron chi connectivity index (χ3n) is 4.29. The first-order chi connectivity index (χ1) is 12.5. The average Bonchev–Trinajstić information content (AvgIpc) is 2.70. The molecule has 0 aliphatic rings. The van der Waals surface area contributed by atoms with Crippen molar-refractivity contribution in [2.24, 2.45) is 0 Å². The SMILES string of the molecule is CCC(=O)N(Cc1ccccc1)C(C)C(=O)NCc1ccc(OC)cc1. The molecule has 1 atom stereocenters. The molecule has 0 aliphatic carbocycles. The van der Waals surface area contributed by atoms with Gasteiger partial charge in [0.25, 0.3) is 0 Å². The molecule has 26 heavy (non-hydrogen) atoms. The molecule has 2 amide bonds. The zero-order valence-electron chi connectivity index (χ0n) is 15.6. The number of amides is 2. The van der Waals surface area contributed by atoms with Crippen molar-refractivity contribution in [2.75, 3.05) is 7.11 Å². The Bertz CT molecular complexity index is 714. The van der Waals surface area contributed by atoms with Crippen molar-refractivity contribution in [3.05, 3.63) is 65.7 Å². The van der Waals surface area contributed by atoms with Gasteiger partial charge in [0.15, 0.2) is 0 Å². The number of methoxy groups -OCH3 is 1. The van der Waals surface area contributed by atoms with E-state index in [-0.39, 0.29) is 11.8 Å². The predicted octanol–water partition coefficient (Wildman–Crippen LogP) is 3.14. The number of nitrogens with zero attached hydrogens (tertiary/aromatic N) is 1. The van der Waals surface area contributed by atoms with Crippen LogP contribution in [0.4, 0.5) is 0 Å². The first-order valence-electron chi connectivity index (χ1n) is 8.79. The molecule has 0 saturated heterocycles. The fraction of sp³-hybridized carbons (Fsp3) is 0.333. The largest absolute Gasteiger partial charge is 0.497 e. The van der Waals surface area contributed by atoms with Gasteiger partial charge in [0, 0.05) is 19.5 Å². The highest BCUT2D eigenvalue weighted by atomic mass is 16.5. The molecule has 2 aromatic rings. The van der Waals surface area contributed by atoms with Crippen molar-refractivity contribution in [1.82, 2.24) is 10.2 Å². The van der Waals surface area contributed by atoms with E-state index < -0.39 is 6.04 Å². The van der Waals surface area contributed by atoms with Crippen LogP contribution in [0.1, 0.15) is 31.4 Å². The van der Waals surface area contributed by atoms with E-state index in [0.717, 1.165) is 16.9 Å². The summed E-state index contributed by atoms with van der Waals surface area (Å²) in [6.45, 7) is 4.40. The maximum Gasteiger partial charge on any atom is 0.242 e. The Hall–Kier alpha value is -2.82. The molecule has 0 spiro atoms. The van der Waals surface area contributed by atoms with Gasteiger partial charge in [-0.1, -0.05) is 49.4 Å². The van der Waals surface area contributed by atoms with Gasteiger partial charge in [-0.2, -0.15) is 0 Å². The highest BCUT2D eigenvalue weighted by Crippen LogP contribution is 2.13. The molecule has 0 aliphatic heterocycles. The fourth-order valence-electron chi connectivity index (χ4n) is 2.65. The minimum absolute atomic E-state index is 0.0408. The number of benzene rings is 2. The summed E-state index contributed by atoms with van der Waals surface area (Å²) in [6.07, 6.45) is 0.364. The van der Waals surface area contributed by atoms with Crippen LogP contribution in [-0.2, 0) is 22.7 Å². The van der Waals surface area contributed by atoms with Crippen molar-refractivity contribution in [2.45, 2.75) is 39.4 Å². The summed E-state index contributed by atoms with van der Waals surface area (Å²) in [5.41, 5.74) is 1.98. The summed E-state index contributed by atoms with van der Waals surface area (Å²) in [4.78, 5) is 26.5. The van der Waals surface area contributed by atoms with E-state index in [0.29, 0.717) is 19.5 Å². The van der Waals surface area contributed by atoms with Gasteiger partial charge in [0.05, 0.1) is 7.11 Å². The van der Waals surface area contributed by atoms with Gasteiger partial charge in [-0.15, -0.1) is 0 Å². The molecule has 2 rings (SSSR count). The van der Waals surface area contributed by atoms with Crippen molar-refractivity contribution in [3.63, 3.8) is 0 Å². The van der Waals surface area contributed by atoms with Crippen molar-refractivity contribution in [3.8, 4) is 5.75 Å². The molecule has 5 heteroatoms. The minimum Gasteiger partial charge on any atom is -0.497 e. The van der Waals surface area contributed by atoms with Gasteiger partial charge in [-0.25, -0.2) is 0 Å². The lowest BCUT2D eigenvalue weighted by Crippen LogP contribution is -2.47. The van der Waals surface area contributed by atoms with Gasteiger partial charge in [-0.05, 0) is 30.2 Å². The highest BCUT2D eigenvalue weighted by Gasteiger charge is 2.24. The van der Waals surface area contributed by atoms with Gasteiger partial charge < -0.3 is 15.0 Å². The Balaban J connectivity index is 2.00. The summed E-state index contributed by atoms with van der Waals surface area (Å²) in [5, 5.41) is 2.91. The van der Waals surface area contributed by atoms with Crippen molar-refractivity contribution >= 4 is 11.8 Å². The van der Waals surface area contributed by atoms with Crippen LogP contribution in [-0.4, -0.2) is 29.9 Å². The lowest BCUT2D eigenvalue weighted by Gasteiger charge is -2.28. The van der Waals surface area contributed by atoms with E-state index in [1.54, 1.807) is 18.9 Å². The van der Waals surface area contributed by atoms with Crippen LogP contribution in [0.2, 0.25) is 0 Å². The molecule has 0 saturated carbocycles. The first-order valence-corrected chi connectivity index (χ1v) is 8.79. The van der Waals surface area contributed by atoms with Crippen LogP contribution in [0.25, 0.3) is 0 Å². The molecule has 2 aromatic carbocycles. The van der Waals surface area contributed by atoms with Crippen LogP contribution < -0.4 is 10.1 Å². The Morgan fingerprint density at radius 3 is 2.27 bits per heavy atom. The van der Waals surface area contributed by atoms with Gasteiger partial charge in [0.2, 0.25) is 11.8 Å². The molecule has 1 unspecified atom stereocenters. The Morgan fingerprint density at radius 2 is 1.69 bits per heavy atom. The predicted molar refractivity (Wildman–Crippen MR) is 102 cm³/mol. The molecule has 0 aromatic heterocycles. The molecule has 5 nitrogen and oxygen atoms in total. The molecular formula is C21H26N2O3. The number of carbonyl (C=O) groups is 2. The van der Waals surface area contributed by atoms with Crippen molar-refractivity contribution < 1.29 is 14.3 Å². The van der Waals surface area contributed by atoms with Crippen LogP contribution in [0.5, 0.6) is 5.75 Å². The molecular weight excluding hydrogens is 328 g/mol. The number of carbonyl (C=O) groups excluding carboxylic acids is 2. The number of ether oxygens (including phenoxy) is 1. The minimum atomic E-state index is -0.541. The maximum atomic E-state index is 12.6. The molecule has 0 fully saturated rings. The third kappa shape index (κ3) is 5.34. The quantitative estimate of drug-likeness (QED) is 0.792. The molecule has 0 radical (unpaired) electrons. The normalized spacial score (nSPS) is 11.5. The van der Waals surface area contributed by atoms with Crippen LogP contribution in [0, 0.1) is 0 Å². The van der Waals surface area contributed by atoms with E-state index >= 15 is 0 Å². The van der Waals surface area contributed by atoms with Crippen LogP contribution in [0.15, 0.2) is 54.6 Å². The standard InChI is InChI=1S/C21H26N2O3/c1-4-20(24)23(15-18-8-6-5-7-9-18)16(2)21(25)22-14-17-10-12-19(26-3)13-11-17/h5-13,16H,4,14-15H2,1-3H3,(H,22,25). The van der Waals surface area contributed by atoms with Gasteiger partial charge >= 0.3 is 0 Å². The van der Waals surface area contributed by atoms with Gasteiger partial charge in [-0.3, -0.25) is 9.59 Å². The third-order valence-corrected chi connectivity index (χ3v) is 4.29. The molecule has 1 N–H and O–H groups in total. The fourth-order valence-corrected chi connectivity index (χ4v) is 2.65. The van der Waals surface area contributed by atoms with E-state index in [1.165, 1.54) is 0 Å². The molecule has 0 bridgehead atoms. The van der Waals surface area contributed by atoms with Crippen LogP contribution in [0.3, 0.4) is 0 Å². The lowest BCUT2D eigenvalue weighted by atomic mass is 10.1. The molecule has 0 heterocycles. The van der Waals surface area contributed by atoms with Gasteiger partial charge in [0.1, 0.15) is 11.8 Å². The molecule has 138 valence electrons. The summed E-state index contributed by atoms with van der Waals surface area (Å²) in [6, 6.07) is 16.7. The van der Waals surface area contributed by atoms with E-state index in [9.17, 15) is 9.59 Å². The van der Waals surface area contributed by atoms with E-state index in [1.807, 2.05) is 61.5 Å². The zero-order chi connectivity index (χ0) is 18.9. The van der Waals surface area contributed by atoms with Crippen molar-refractivity contribution in [1.29, 1.82) is 0 Å². The second kappa shape index (κ2) is 9.61. The summed E-state index contributed by atoms with van der Waals surface area (Å²) < 4.78 is 5.13. The van der Waals surface area contributed by atoms with Crippen LogP contribution >= 0.6 is 0 Å². The summed E-state index contributed by atoms with van der Waals surface area (Å²) in [5.74, 6) is 0.565. The number of rotatable bonds is 8. The van der Waals surface area contributed by atoms with E-state index in [4.69, 9.17) is 4.74 Å². The number of hydrogen-bond acceptors (Lipinski definition) is 3. The summed E-state index contributed by atoms with van der Waals surface area (Å²) >= 11 is 0.